The highest BCUT2D eigenvalue weighted by Crippen LogP contribution is 2.29. The average molecular weight is 434 g/mol. The third-order valence-corrected chi connectivity index (χ3v) is 5.07. The minimum absolute atomic E-state index is 0.190. The molecule has 0 radical (unpaired) electrons. The average Bonchev–Trinajstić information content (AvgIpc) is 3.07. The van der Waals surface area contributed by atoms with E-state index in [1.165, 1.54) is 17.0 Å². The molecule has 0 bridgehead atoms. The maximum Gasteiger partial charge on any atom is 0.573 e. The number of hydrogen-bond acceptors (Lipinski definition) is 5. The van der Waals surface area contributed by atoms with Crippen LogP contribution in [0.1, 0.15) is 22.3 Å². The zero-order chi connectivity index (χ0) is 22.2. The van der Waals surface area contributed by atoms with Gasteiger partial charge in [-0.2, -0.15) is 0 Å². The molecule has 0 spiro atoms. The highest BCUT2D eigenvalue weighted by molar-refractivity contribution is 6.02. The minimum atomic E-state index is -4.85. The number of carbonyl (C=O) groups is 3. The molecule has 1 fully saturated rings. The molecule has 7 nitrogen and oxygen atoms in total. The van der Waals surface area contributed by atoms with E-state index in [2.05, 4.69) is 10.1 Å². The fourth-order valence-electron chi connectivity index (χ4n) is 3.66. The third kappa shape index (κ3) is 4.47. The van der Waals surface area contributed by atoms with Crippen LogP contribution in [0.25, 0.3) is 0 Å². The Bertz CT molecular complexity index is 1040. The van der Waals surface area contributed by atoms with E-state index in [9.17, 15) is 27.6 Å². The van der Waals surface area contributed by atoms with E-state index in [1.807, 2.05) is 0 Å². The second-order valence-electron chi connectivity index (χ2n) is 7.14. The lowest BCUT2D eigenvalue weighted by molar-refractivity contribution is -0.274. The molecule has 4 rings (SSSR count). The molecule has 0 unspecified atom stereocenters. The molecule has 2 heterocycles. The number of nitrogens with zero attached hydrogens (tertiary/aromatic N) is 1. The van der Waals surface area contributed by atoms with Crippen LogP contribution in [0.3, 0.4) is 0 Å². The predicted octanol–water partition coefficient (Wildman–Crippen LogP) is 2.59. The van der Waals surface area contributed by atoms with Crippen LogP contribution in [0.4, 0.5) is 18.9 Å². The van der Waals surface area contributed by atoms with E-state index < -0.39 is 42.0 Å². The molecule has 0 aliphatic carbocycles. The Labute approximate surface area is 174 Å². The lowest BCUT2D eigenvalue weighted by Gasteiger charge is -2.25. The van der Waals surface area contributed by atoms with Gasteiger partial charge in [0.15, 0.2) is 6.10 Å². The normalized spacial score (nSPS) is 20.8. The Kier molecular flexibility index (Phi) is 5.30. The number of carbonyl (C=O) groups excluding carboxylic acids is 3. The van der Waals surface area contributed by atoms with Crippen molar-refractivity contribution < 1.29 is 37.0 Å². The maximum atomic E-state index is 12.7. The van der Waals surface area contributed by atoms with Gasteiger partial charge in [-0.1, -0.05) is 24.3 Å². The monoisotopic (exact) mass is 434 g/mol. The minimum Gasteiger partial charge on any atom is -0.448 e. The van der Waals surface area contributed by atoms with Crippen LogP contribution in [-0.4, -0.2) is 42.8 Å². The van der Waals surface area contributed by atoms with Gasteiger partial charge in [0.05, 0.1) is 5.56 Å². The number of hydrogen-bond donors (Lipinski definition) is 1. The number of fused-ring (bicyclic) bond motifs is 1. The largest absolute Gasteiger partial charge is 0.573 e. The lowest BCUT2D eigenvalue weighted by Crippen LogP contribution is -2.48. The molecule has 0 aromatic heterocycles. The molecule has 10 heteroatoms. The first-order valence-corrected chi connectivity index (χ1v) is 9.48. The summed E-state index contributed by atoms with van der Waals surface area (Å²) in [6.07, 6.45) is -5.46. The Morgan fingerprint density at radius 2 is 1.90 bits per heavy atom. The van der Waals surface area contributed by atoms with Gasteiger partial charge in [-0.05, 0) is 30.2 Å². The van der Waals surface area contributed by atoms with E-state index >= 15 is 0 Å². The smallest absolute Gasteiger partial charge is 0.448 e. The summed E-state index contributed by atoms with van der Waals surface area (Å²) in [5.41, 5.74) is 1.30. The number of alkyl halides is 3. The van der Waals surface area contributed by atoms with Crippen LogP contribution in [0.15, 0.2) is 48.5 Å². The fraction of sp³-hybridized carbons (Fsp3) is 0.286. The van der Waals surface area contributed by atoms with Gasteiger partial charge >= 0.3 is 12.3 Å². The van der Waals surface area contributed by atoms with Crippen LogP contribution in [-0.2, 0) is 20.7 Å². The summed E-state index contributed by atoms with van der Waals surface area (Å²) in [5.74, 6) is -2.13. The Morgan fingerprint density at radius 1 is 1.13 bits per heavy atom. The molecule has 2 aliphatic heterocycles. The van der Waals surface area contributed by atoms with E-state index in [1.54, 1.807) is 24.3 Å². The summed E-state index contributed by atoms with van der Waals surface area (Å²) >= 11 is 0. The second-order valence-corrected chi connectivity index (χ2v) is 7.14. The molecule has 0 saturated carbocycles. The number of esters is 1. The number of rotatable bonds is 4. The summed E-state index contributed by atoms with van der Waals surface area (Å²) in [7, 11) is 0. The number of amides is 2. The number of benzene rings is 2. The Morgan fingerprint density at radius 3 is 2.68 bits per heavy atom. The van der Waals surface area contributed by atoms with E-state index in [0.717, 1.165) is 12.1 Å². The number of cyclic esters (lactones) is 1. The van der Waals surface area contributed by atoms with Crippen LogP contribution in [0.2, 0.25) is 0 Å². The van der Waals surface area contributed by atoms with Gasteiger partial charge in [-0.3, -0.25) is 9.59 Å². The molecule has 2 amide bonds. The van der Waals surface area contributed by atoms with Gasteiger partial charge in [-0.25, -0.2) is 4.79 Å². The van der Waals surface area contributed by atoms with Crippen molar-refractivity contribution in [1.82, 2.24) is 5.32 Å². The molecule has 1 N–H and O–H groups in total. The first kappa shape index (κ1) is 20.7. The summed E-state index contributed by atoms with van der Waals surface area (Å²) in [5, 5.41) is 2.58. The summed E-state index contributed by atoms with van der Waals surface area (Å²) in [6, 6.07) is 11.0. The van der Waals surface area contributed by atoms with Crippen LogP contribution in [0, 0.1) is 0 Å². The maximum absolute atomic E-state index is 12.7. The van der Waals surface area contributed by atoms with Crippen LogP contribution in [0.5, 0.6) is 5.75 Å². The van der Waals surface area contributed by atoms with Crippen LogP contribution >= 0.6 is 0 Å². The highest BCUT2D eigenvalue weighted by Gasteiger charge is 2.38. The first-order chi connectivity index (χ1) is 14.7. The number of nitrogens with one attached hydrogen (secondary N) is 1. The van der Waals surface area contributed by atoms with Gasteiger partial charge in [0.2, 0.25) is 5.91 Å². The van der Waals surface area contributed by atoms with Crippen molar-refractivity contribution in [3.05, 3.63) is 59.7 Å². The molecule has 162 valence electrons. The molecule has 2 aromatic rings. The SMILES string of the molecule is O=C1O[C@@H](C(=O)N[C@@H]2CCN(c3cccc(OC(F)(F)F)c3)C2=O)Cc2ccccc21. The van der Waals surface area contributed by atoms with Crippen molar-refractivity contribution in [3.8, 4) is 5.75 Å². The standard InChI is InChI=1S/C21H17F3N2O5/c22-21(23,24)31-14-6-3-5-13(11-14)26-9-8-16(19(26)28)25-18(27)17-10-12-4-1-2-7-15(12)20(29)30-17/h1-7,11,16-17H,8-10H2,(H,25,27)/t16-,17-/m1/s1. The number of ether oxygens (including phenoxy) is 2. The van der Waals surface area contributed by atoms with Crippen molar-refractivity contribution in [2.24, 2.45) is 0 Å². The van der Waals surface area contributed by atoms with Crippen molar-refractivity contribution in [2.75, 3.05) is 11.4 Å². The van der Waals surface area contributed by atoms with Crippen molar-refractivity contribution in [1.29, 1.82) is 0 Å². The van der Waals surface area contributed by atoms with Crippen molar-refractivity contribution in [2.45, 2.75) is 31.3 Å². The fourth-order valence-corrected chi connectivity index (χ4v) is 3.66. The zero-order valence-electron chi connectivity index (χ0n) is 16.0. The molecule has 2 aromatic carbocycles. The zero-order valence-corrected chi connectivity index (χ0v) is 16.0. The van der Waals surface area contributed by atoms with Crippen molar-refractivity contribution in [3.63, 3.8) is 0 Å². The lowest BCUT2D eigenvalue weighted by atomic mass is 9.98. The Hall–Kier alpha value is -3.56. The van der Waals surface area contributed by atoms with Gasteiger partial charge in [-0.15, -0.1) is 13.2 Å². The summed E-state index contributed by atoms with van der Waals surface area (Å²) in [6.45, 7) is 0.201. The highest BCUT2D eigenvalue weighted by atomic mass is 19.4. The first-order valence-electron chi connectivity index (χ1n) is 9.48. The molecule has 31 heavy (non-hydrogen) atoms. The number of anilines is 1. The summed E-state index contributed by atoms with van der Waals surface area (Å²) in [4.78, 5) is 38.7. The molecule has 2 atom stereocenters. The summed E-state index contributed by atoms with van der Waals surface area (Å²) < 4.78 is 46.4. The predicted molar refractivity (Wildman–Crippen MR) is 101 cm³/mol. The van der Waals surface area contributed by atoms with Gasteiger partial charge < -0.3 is 19.7 Å². The number of halogens is 3. The van der Waals surface area contributed by atoms with E-state index in [-0.39, 0.29) is 25.1 Å². The third-order valence-electron chi connectivity index (χ3n) is 5.07. The van der Waals surface area contributed by atoms with Crippen LogP contribution < -0.4 is 15.0 Å². The Balaban J connectivity index is 1.42. The van der Waals surface area contributed by atoms with E-state index in [0.29, 0.717) is 11.1 Å². The quantitative estimate of drug-likeness (QED) is 0.748. The molecular weight excluding hydrogens is 417 g/mol. The van der Waals surface area contributed by atoms with Crippen molar-refractivity contribution >= 4 is 23.5 Å². The van der Waals surface area contributed by atoms with E-state index in [4.69, 9.17) is 4.74 Å². The molecule has 1 saturated heterocycles. The topological polar surface area (TPSA) is 84.9 Å². The molecule has 2 aliphatic rings. The van der Waals surface area contributed by atoms with Gasteiger partial charge in [0.25, 0.3) is 5.91 Å². The van der Waals surface area contributed by atoms with Gasteiger partial charge in [0.1, 0.15) is 11.8 Å². The van der Waals surface area contributed by atoms with Gasteiger partial charge in [0, 0.05) is 24.7 Å². The molecular formula is C21H17F3N2O5. The second kappa shape index (κ2) is 7.93.